The number of aromatic nitrogens is 2. The van der Waals surface area contributed by atoms with Crippen molar-refractivity contribution in [3.05, 3.63) is 81.4 Å². The van der Waals surface area contributed by atoms with Gasteiger partial charge in [-0.05, 0) is 83.0 Å². The first-order valence-corrected chi connectivity index (χ1v) is 12.3. The molecule has 9 nitrogen and oxygen atoms in total. The Kier molecular flexibility index (Phi) is 7.56. The van der Waals surface area contributed by atoms with E-state index in [1.54, 1.807) is 12.3 Å². The number of benzene rings is 1. The summed E-state index contributed by atoms with van der Waals surface area (Å²) in [5.74, 6) is 0.446. The van der Waals surface area contributed by atoms with Crippen LogP contribution in [0.3, 0.4) is 0 Å². The Bertz CT molecular complexity index is 1260. The number of nitro benzene ring substituents is 1. The summed E-state index contributed by atoms with van der Waals surface area (Å²) < 4.78 is 7.65. The minimum atomic E-state index is -0.415. The fourth-order valence-electron chi connectivity index (χ4n) is 4.96. The van der Waals surface area contributed by atoms with Gasteiger partial charge in [-0.1, -0.05) is 6.07 Å². The van der Waals surface area contributed by atoms with E-state index in [4.69, 9.17) is 17.0 Å². The lowest BCUT2D eigenvalue weighted by Gasteiger charge is -2.28. The molecular weight excluding hydrogens is 476 g/mol. The van der Waals surface area contributed by atoms with Crippen molar-refractivity contribution >= 4 is 23.0 Å². The average molecular weight is 509 g/mol. The predicted octanol–water partition coefficient (Wildman–Crippen LogP) is 4.33. The zero-order chi connectivity index (χ0) is 26.0. The standard InChI is InChI=1S/C26H32N6O3S/c1-17-15-20(18(2)31(17)22-11-10-19(32(33)34)16-23(22)35-5)25-24(21-9-6-7-12-27-21)28-26(36)30(25)14-8-13-29(3)4/h6-7,9-12,15-16,24-25H,8,13-14H2,1-5H3,(H,28,36)/t24-,25-/m1/s1. The van der Waals surface area contributed by atoms with E-state index in [-0.39, 0.29) is 17.8 Å². The Morgan fingerprint density at radius 1 is 1.22 bits per heavy atom. The lowest BCUT2D eigenvalue weighted by molar-refractivity contribution is -0.384. The van der Waals surface area contributed by atoms with Gasteiger partial charge in [0.05, 0.1) is 41.6 Å². The Morgan fingerprint density at radius 2 is 2.00 bits per heavy atom. The van der Waals surface area contributed by atoms with Crippen LogP contribution in [-0.2, 0) is 0 Å². The maximum Gasteiger partial charge on any atom is 0.273 e. The smallest absolute Gasteiger partial charge is 0.273 e. The van der Waals surface area contributed by atoms with E-state index < -0.39 is 4.92 Å². The molecule has 10 heteroatoms. The van der Waals surface area contributed by atoms with E-state index >= 15 is 0 Å². The molecule has 3 heterocycles. The molecule has 2 atom stereocenters. The van der Waals surface area contributed by atoms with E-state index in [1.807, 2.05) is 25.1 Å². The number of pyridine rings is 1. The Balaban J connectivity index is 1.80. The summed E-state index contributed by atoms with van der Waals surface area (Å²) in [4.78, 5) is 20.0. The van der Waals surface area contributed by atoms with Gasteiger partial charge in [-0.3, -0.25) is 15.1 Å². The first-order chi connectivity index (χ1) is 17.2. The number of hydrogen-bond donors (Lipinski definition) is 1. The Morgan fingerprint density at radius 3 is 2.64 bits per heavy atom. The molecule has 1 N–H and O–H groups in total. The Labute approximate surface area is 216 Å². The summed E-state index contributed by atoms with van der Waals surface area (Å²) in [6.45, 7) is 5.86. The van der Waals surface area contributed by atoms with Crippen molar-refractivity contribution in [2.45, 2.75) is 32.4 Å². The summed E-state index contributed by atoms with van der Waals surface area (Å²) in [5.41, 5.74) is 4.82. The molecule has 1 aliphatic heterocycles. The third-order valence-corrected chi connectivity index (χ3v) is 6.96. The van der Waals surface area contributed by atoms with E-state index in [9.17, 15) is 10.1 Å². The number of nitrogens with one attached hydrogen (secondary N) is 1. The maximum absolute atomic E-state index is 11.3. The summed E-state index contributed by atoms with van der Waals surface area (Å²) >= 11 is 5.81. The molecule has 0 unspecified atom stereocenters. The van der Waals surface area contributed by atoms with Gasteiger partial charge in [0.15, 0.2) is 5.11 Å². The third-order valence-electron chi connectivity index (χ3n) is 6.61. The highest BCUT2D eigenvalue weighted by molar-refractivity contribution is 7.80. The lowest BCUT2D eigenvalue weighted by atomic mass is 9.96. The van der Waals surface area contributed by atoms with E-state index in [2.05, 4.69) is 51.8 Å². The number of methoxy groups -OCH3 is 1. The van der Waals surface area contributed by atoms with Gasteiger partial charge in [0.2, 0.25) is 0 Å². The molecule has 1 aromatic carbocycles. The van der Waals surface area contributed by atoms with Crippen LogP contribution in [0.5, 0.6) is 5.75 Å². The molecule has 0 spiro atoms. The third kappa shape index (κ3) is 4.91. The quantitative estimate of drug-likeness (QED) is 0.260. The molecule has 3 aromatic rings. The number of thiocarbonyl (C=S) groups is 1. The number of non-ortho nitro benzene ring substituents is 1. The summed E-state index contributed by atoms with van der Waals surface area (Å²) in [5, 5.41) is 15.5. The summed E-state index contributed by atoms with van der Waals surface area (Å²) in [6, 6.07) is 12.6. The molecule has 0 saturated carbocycles. The van der Waals surface area contributed by atoms with Crippen molar-refractivity contribution in [2.75, 3.05) is 34.3 Å². The number of hydrogen-bond acceptors (Lipinski definition) is 6. The van der Waals surface area contributed by atoms with E-state index in [0.29, 0.717) is 10.9 Å². The number of nitrogens with zero attached hydrogens (tertiary/aromatic N) is 5. The largest absolute Gasteiger partial charge is 0.494 e. The van der Waals surface area contributed by atoms with Gasteiger partial charge in [-0.2, -0.15) is 0 Å². The molecule has 1 fully saturated rings. The van der Waals surface area contributed by atoms with Crippen LogP contribution in [0.25, 0.3) is 5.69 Å². The predicted molar refractivity (Wildman–Crippen MR) is 144 cm³/mol. The van der Waals surface area contributed by atoms with Crippen LogP contribution in [-0.4, -0.2) is 63.7 Å². The van der Waals surface area contributed by atoms with Crippen LogP contribution in [0.4, 0.5) is 5.69 Å². The van der Waals surface area contributed by atoms with Gasteiger partial charge >= 0.3 is 0 Å². The monoisotopic (exact) mass is 508 g/mol. The first kappa shape index (κ1) is 25.6. The zero-order valence-electron chi connectivity index (χ0n) is 21.3. The average Bonchev–Trinajstić information content (AvgIpc) is 3.33. The first-order valence-electron chi connectivity index (χ1n) is 11.9. The molecule has 0 radical (unpaired) electrons. The Hall–Kier alpha value is -3.50. The van der Waals surface area contributed by atoms with Gasteiger partial charge in [-0.15, -0.1) is 0 Å². The molecule has 190 valence electrons. The number of nitro groups is 1. The number of rotatable bonds is 9. The topological polar surface area (TPSA) is 88.7 Å². The molecule has 2 aromatic heterocycles. The number of ether oxygens (including phenoxy) is 1. The zero-order valence-corrected chi connectivity index (χ0v) is 22.1. The highest BCUT2D eigenvalue weighted by Crippen LogP contribution is 2.42. The SMILES string of the molecule is COc1cc([N+](=O)[O-])ccc1-n1c(C)cc([C@@H]2[C@@H](c3ccccn3)NC(=S)N2CCCN(C)C)c1C. The normalized spacial score (nSPS) is 17.5. The number of aryl methyl sites for hydroxylation is 1. The molecule has 4 rings (SSSR count). The fraction of sp³-hybridized carbons (Fsp3) is 0.385. The van der Waals surface area contributed by atoms with Crippen molar-refractivity contribution in [3.8, 4) is 11.4 Å². The van der Waals surface area contributed by atoms with Crippen molar-refractivity contribution in [1.29, 1.82) is 0 Å². The molecule has 1 aliphatic rings. The molecule has 0 amide bonds. The van der Waals surface area contributed by atoms with Gasteiger partial charge in [0.1, 0.15) is 5.75 Å². The van der Waals surface area contributed by atoms with Crippen LogP contribution in [0.2, 0.25) is 0 Å². The second kappa shape index (κ2) is 10.6. The van der Waals surface area contributed by atoms with Gasteiger partial charge in [0.25, 0.3) is 5.69 Å². The van der Waals surface area contributed by atoms with Crippen LogP contribution in [0.15, 0.2) is 48.7 Å². The summed E-state index contributed by atoms with van der Waals surface area (Å²) in [7, 11) is 5.67. The van der Waals surface area contributed by atoms with Gasteiger partial charge in [-0.25, -0.2) is 0 Å². The van der Waals surface area contributed by atoms with Gasteiger partial charge < -0.3 is 24.4 Å². The highest BCUT2D eigenvalue weighted by Gasteiger charge is 2.41. The molecule has 0 bridgehead atoms. The van der Waals surface area contributed by atoms with Crippen LogP contribution in [0, 0.1) is 24.0 Å². The van der Waals surface area contributed by atoms with Crippen molar-refractivity contribution < 1.29 is 9.66 Å². The molecule has 1 saturated heterocycles. The second-order valence-corrected chi connectivity index (χ2v) is 9.64. The van der Waals surface area contributed by atoms with Crippen molar-refractivity contribution in [2.24, 2.45) is 0 Å². The summed E-state index contributed by atoms with van der Waals surface area (Å²) in [6.07, 6.45) is 2.77. The van der Waals surface area contributed by atoms with Crippen LogP contribution in [0.1, 0.15) is 41.1 Å². The lowest BCUT2D eigenvalue weighted by Crippen LogP contribution is -2.32. The minimum absolute atomic E-state index is 0.00842. The van der Waals surface area contributed by atoms with E-state index in [1.165, 1.54) is 19.2 Å². The van der Waals surface area contributed by atoms with Crippen LogP contribution < -0.4 is 10.1 Å². The van der Waals surface area contributed by atoms with Crippen molar-refractivity contribution in [3.63, 3.8) is 0 Å². The van der Waals surface area contributed by atoms with Crippen molar-refractivity contribution in [1.82, 2.24) is 24.7 Å². The van der Waals surface area contributed by atoms with E-state index in [0.717, 1.165) is 47.8 Å². The highest BCUT2D eigenvalue weighted by atomic mass is 32.1. The second-order valence-electron chi connectivity index (χ2n) is 9.25. The van der Waals surface area contributed by atoms with Crippen LogP contribution >= 0.6 is 12.2 Å². The minimum Gasteiger partial charge on any atom is -0.494 e. The maximum atomic E-state index is 11.3. The van der Waals surface area contributed by atoms with Gasteiger partial charge in [0, 0.05) is 30.2 Å². The fourth-order valence-corrected chi connectivity index (χ4v) is 5.30. The molecule has 0 aliphatic carbocycles. The molecule has 36 heavy (non-hydrogen) atoms. The molecular formula is C26H32N6O3S.